The molecule has 1 aromatic rings. The molecular weight excluding hydrogens is 191 g/mol. The average molecular weight is 208 g/mol. The van der Waals surface area contributed by atoms with Crippen LogP contribution in [-0.2, 0) is 0 Å². The van der Waals surface area contributed by atoms with Crippen molar-refractivity contribution in [1.29, 1.82) is 0 Å². The van der Waals surface area contributed by atoms with E-state index in [2.05, 4.69) is 6.58 Å². The van der Waals surface area contributed by atoms with Gasteiger partial charge in [-0.15, -0.1) is 6.58 Å². The monoisotopic (exact) mass is 208 g/mol. The second kappa shape index (κ2) is 5.08. The van der Waals surface area contributed by atoms with Gasteiger partial charge in [0.25, 0.3) is 0 Å². The zero-order valence-corrected chi connectivity index (χ0v) is 9.26. The topological polar surface area (TPSA) is 20.2 Å². The van der Waals surface area contributed by atoms with E-state index in [0.717, 1.165) is 17.6 Å². The van der Waals surface area contributed by atoms with Crippen LogP contribution in [0.5, 0.6) is 0 Å². The molecule has 0 heterocycles. The van der Waals surface area contributed by atoms with Crippen molar-refractivity contribution in [2.45, 2.75) is 32.8 Å². The molecule has 0 radical (unpaired) electrons. The van der Waals surface area contributed by atoms with Crippen molar-refractivity contribution in [3.63, 3.8) is 0 Å². The summed E-state index contributed by atoms with van der Waals surface area (Å²) in [6, 6.07) is 4.72. The molecule has 0 aliphatic heterocycles. The highest BCUT2D eigenvalue weighted by Gasteiger charge is 2.08. The van der Waals surface area contributed by atoms with Crippen molar-refractivity contribution >= 4 is 0 Å². The smallest absolute Gasteiger partial charge is 0.126 e. The Bertz CT molecular complexity index is 358. The lowest BCUT2D eigenvalue weighted by Gasteiger charge is -2.11. The van der Waals surface area contributed by atoms with E-state index in [1.54, 1.807) is 19.1 Å². The fourth-order valence-electron chi connectivity index (χ4n) is 1.42. The minimum Gasteiger partial charge on any atom is -0.388 e. The van der Waals surface area contributed by atoms with Gasteiger partial charge in [-0.2, -0.15) is 0 Å². The van der Waals surface area contributed by atoms with Crippen LogP contribution in [0, 0.1) is 12.7 Å². The molecule has 1 unspecified atom stereocenters. The van der Waals surface area contributed by atoms with E-state index in [9.17, 15) is 9.50 Å². The normalized spacial score (nSPS) is 12.5. The SMILES string of the molecule is C=C(C)CCC(O)c1ccc(F)c(C)c1. The van der Waals surface area contributed by atoms with Gasteiger partial charge in [0, 0.05) is 0 Å². The molecule has 0 fully saturated rings. The zero-order chi connectivity index (χ0) is 11.4. The molecule has 1 nitrogen and oxygen atoms in total. The van der Waals surface area contributed by atoms with Gasteiger partial charge in [0.05, 0.1) is 6.10 Å². The van der Waals surface area contributed by atoms with Gasteiger partial charge in [-0.1, -0.05) is 17.7 Å². The summed E-state index contributed by atoms with van der Waals surface area (Å²) < 4.78 is 13.0. The Hall–Kier alpha value is -1.15. The molecule has 1 N–H and O–H groups in total. The van der Waals surface area contributed by atoms with Crippen molar-refractivity contribution in [1.82, 2.24) is 0 Å². The maximum absolute atomic E-state index is 13.0. The summed E-state index contributed by atoms with van der Waals surface area (Å²) in [6.07, 6.45) is 0.902. The number of hydrogen-bond acceptors (Lipinski definition) is 1. The van der Waals surface area contributed by atoms with Crippen LogP contribution in [0.15, 0.2) is 30.4 Å². The van der Waals surface area contributed by atoms with Crippen LogP contribution in [0.2, 0.25) is 0 Å². The van der Waals surface area contributed by atoms with Crippen LogP contribution in [0.3, 0.4) is 0 Å². The molecule has 1 rings (SSSR count). The first kappa shape index (κ1) is 11.9. The van der Waals surface area contributed by atoms with Crippen molar-refractivity contribution in [2.24, 2.45) is 0 Å². The summed E-state index contributed by atoms with van der Waals surface area (Å²) in [4.78, 5) is 0. The minimum atomic E-state index is -0.527. The highest BCUT2D eigenvalue weighted by molar-refractivity contribution is 5.25. The largest absolute Gasteiger partial charge is 0.388 e. The highest BCUT2D eigenvalue weighted by Crippen LogP contribution is 2.21. The Morgan fingerprint density at radius 1 is 1.53 bits per heavy atom. The van der Waals surface area contributed by atoms with Crippen LogP contribution < -0.4 is 0 Å². The minimum absolute atomic E-state index is 0.231. The number of allylic oxidation sites excluding steroid dienone is 1. The van der Waals surface area contributed by atoms with Crippen molar-refractivity contribution in [3.8, 4) is 0 Å². The Morgan fingerprint density at radius 2 is 2.20 bits per heavy atom. The van der Waals surface area contributed by atoms with E-state index < -0.39 is 6.10 Å². The fourth-order valence-corrected chi connectivity index (χ4v) is 1.42. The lowest BCUT2D eigenvalue weighted by Crippen LogP contribution is -1.99. The van der Waals surface area contributed by atoms with Crippen LogP contribution >= 0.6 is 0 Å². The highest BCUT2D eigenvalue weighted by atomic mass is 19.1. The van der Waals surface area contributed by atoms with Gasteiger partial charge < -0.3 is 5.11 Å². The van der Waals surface area contributed by atoms with Crippen LogP contribution in [0.25, 0.3) is 0 Å². The predicted octanol–water partition coefficient (Wildman–Crippen LogP) is 3.52. The number of aryl methyl sites for hydroxylation is 1. The van der Waals surface area contributed by atoms with E-state index in [4.69, 9.17) is 0 Å². The van der Waals surface area contributed by atoms with Crippen LogP contribution in [0.4, 0.5) is 4.39 Å². The predicted molar refractivity (Wildman–Crippen MR) is 60.1 cm³/mol. The maximum Gasteiger partial charge on any atom is 0.126 e. The first-order valence-electron chi connectivity index (χ1n) is 5.09. The Labute approximate surface area is 90.3 Å². The molecule has 0 bridgehead atoms. The van der Waals surface area contributed by atoms with Gasteiger partial charge in [-0.3, -0.25) is 0 Å². The van der Waals surface area contributed by atoms with Crippen LogP contribution in [-0.4, -0.2) is 5.11 Å². The first-order chi connectivity index (χ1) is 7.00. The van der Waals surface area contributed by atoms with Gasteiger partial charge in [0.2, 0.25) is 0 Å². The summed E-state index contributed by atoms with van der Waals surface area (Å²) >= 11 is 0. The molecule has 82 valence electrons. The first-order valence-corrected chi connectivity index (χ1v) is 5.09. The number of rotatable bonds is 4. The van der Waals surface area contributed by atoms with Gasteiger partial charge in [-0.25, -0.2) is 4.39 Å². The van der Waals surface area contributed by atoms with Crippen molar-refractivity contribution in [2.75, 3.05) is 0 Å². The average Bonchev–Trinajstić information content (AvgIpc) is 2.18. The third-order valence-electron chi connectivity index (χ3n) is 2.41. The van der Waals surface area contributed by atoms with Gasteiger partial charge >= 0.3 is 0 Å². The quantitative estimate of drug-likeness (QED) is 0.750. The van der Waals surface area contributed by atoms with Gasteiger partial charge in [0.1, 0.15) is 5.82 Å². The van der Waals surface area contributed by atoms with E-state index in [0.29, 0.717) is 12.0 Å². The molecule has 0 saturated carbocycles. The molecule has 0 aromatic heterocycles. The zero-order valence-electron chi connectivity index (χ0n) is 9.26. The molecular formula is C13H17FO. The molecule has 15 heavy (non-hydrogen) atoms. The standard InChI is InChI=1S/C13H17FO/c1-9(2)4-7-13(15)11-5-6-12(14)10(3)8-11/h5-6,8,13,15H,1,4,7H2,2-3H3. The summed E-state index contributed by atoms with van der Waals surface area (Å²) in [5.74, 6) is -0.231. The number of aliphatic hydroxyl groups is 1. The number of benzene rings is 1. The second-order valence-corrected chi connectivity index (χ2v) is 4.02. The van der Waals surface area contributed by atoms with E-state index in [1.165, 1.54) is 6.07 Å². The Balaban J connectivity index is 2.69. The number of halogens is 1. The van der Waals surface area contributed by atoms with Gasteiger partial charge in [0.15, 0.2) is 0 Å². The molecule has 0 saturated heterocycles. The lowest BCUT2D eigenvalue weighted by molar-refractivity contribution is 0.167. The van der Waals surface area contributed by atoms with Gasteiger partial charge in [-0.05, 0) is 43.9 Å². The molecule has 1 aromatic carbocycles. The number of hydrogen-bond donors (Lipinski definition) is 1. The van der Waals surface area contributed by atoms with E-state index in [-0.39, 0.29) is 5.82 Å². The summed E-state index contributed by atoms with van der Waals surface area (Å²) in [5.41, 5.74) is 2.39. The van der Waals surface area contributed by atoms with Crippen molar-refractivity contribution < 1.29 is 9.50 Å². The third kappa shape index (κ3) is 3.48. The Kier molecular flexibility index (Phi) is 4.04. The molecule has 0 aliphatic carbocycles. The fraction of sp³-hybridized carbons (Fsp3) is 0.385. The van der Waals surface area contributed by atoms with E-state index in [1.807, 2.05) is 6.92 Å². The Morgan fingerprint density at radius 3 is 2.73 bits per heavy atom. The third-order valence-corrected chi connectivity index (χ3v) is 2.41. The molecule has 0 amide bonds. The molecule has 2 heteroatoms. The van der Waals surface area contributed by atoms with Crippen molar-refractivity contribution in [3.05, 3.63) is 47.3 Å². The second-order valence-electron chi connectivity index (χ2n) is 4.02. The summed E-state index contributed by atoms with van der Waals surface area (Å²) in [6.45, 7) is 7.41. The molecule has 0 spiro atoms. The number of aliphatic hydroxyl groups excluding tert-OH is 1. The molecule has 1 atom stereocenters. The summed E-state index contributed by atoms with van der Waals surface area (Å²) in [7, 11) is 0. The van der Waals surface area contributed by atoms with E-state index >= 15 is 0 Å². The lowest BCUT2D eigenvalue weighted by atomic mass is 10.0. The van der Waals surface area contributed by atoms with Crippen LogP contribution in [0.1, 0.15) is 37.0 Å². The molecule has 0 aliphatic rings. The summed E-state index contributed by atoms with van der Waals surface area (Å²) in [5, 5.41) is 9.82. The maximum atomic E-state index is 13.0.